The van der Waals surface area contributed by atoms with Crippen LogP contribution in [0.1, 0.15) is 38.7 Å². The molecule has 0 spiro atoms. The molecule has 0 aromatic heterocycles. The Bertz CT molecular complexity index is 596. The molecule has 0 saturated carbocycles. The predicted octanol–water partition coefficient (Wildman–Crippen LogP) is 3.96. The Balaban J connectivity index is 2.28. The molecule has 1 aromatic rings. The van der Waals surface area contributed by atoms with E-state index >= 15 is 0 Å². The van der Waals surface area contributed by atoms with Crippen molar-refractivity contribution in [2.24, 2.45) is 5.41 Å². The van der Waals surface area contributed by atoms with E-state index in [2.05, 4.69) is 29.8 Å². The van der Waals surface area contributed by atoms with Gasteiger partial charge in [-0.2, -0.15) is 4.31 Å². The van der Waals surface area contributed by atoms with Crippen molar-refractivity contribution in [3.05, 3.63) is 28.2 Å². The molecule has 20 heavy (non-hydrogen) atoms. The van der Waals surface area contributed by atoms with Gasteiger partial charge >= 0.3 is 0 Å². The fourth-order valence-corrected chi connectivity index (χ4v) is 4.38. The number of halogens is 1. The minimum atomic E-state index is -3.36. The van der Waals surface area contributed by atoms with Gasteiger partial charge in [0.05, 0.1) is 4.90 Å². The van der Waals surface area contributed by atoms with E-state index in [1.807, 2.05) is 13.0 Å². The van der Waals surface area contributed by atoms with Gasteiger partial charge in [0, 0.05) is 17.6 Å². The van der Waals surface area contributed by atoms with Gasteiger partial charge in [-0.05, 0) is 55.4 Å². The molecule has 2 rings (SSSR count). The molecule has 0 bridgehead atoms. The van der Waals surface area contributed by atoms with E-state index < -0.39 is 10.0 Å². The van der Waals surface area contributed by atoms with Gasteiger partial charge in [0.2, 0.25) is 10.0 Å². The van der Waals surface area contributed by atoms with Gasteiger partial charge in [-0.3, -0.25) is 0 Å². The SMILES string of the molecule is Cc1cc(S(=O)(=O)N2CCCC(C)(C)CC2)ccc1Br. The molecule has 1 heterocycles. The fraction of sp³-hybridized carbons (Fsp3) is 0.600. The van der Waals surface area contributed by atoms with Gasteiger partial charge in [-0.1, -0.05) is 29.8 Å². The van der Waals surface area contributed by atoms with Crippen LogP contribution in [0.5, 0.6) is 0 Å². The topological polar surface area (TPSA) is 37.4 Å². The lowest BCUT2D eigenvalue weighted by atomic mass is 9.85. The van der Waals surface area contributed by atoms with Crippen LogP contribution in [-0.4, -0.2) is 25.8 Å². The third-order valence-corrected chi connectivity index (χ3v) is 6.85. The standard InChI is InChI=1S/C15H22BrNO2S/c1-12-11-13(5-6-14(12)16)20(18,19)17-9-4-7-15(2,3)8-10-17/h5-6,11H,4,7-10H2,1-3H3. The van der Waals surface area contributed by atoms with Crippen LogP contribution < -0.4 is 0 Å². The first-order chi connectivity index (χ1) is 9.22. The molecule has 0 aliphatic carbocycles. The van der Waals surface area contributed by atoms with Crippen LogP contribution in [0, 0.1) is 12.3 Å². The molecule has 5 heteroatoms. The Morgan fingerprint density at radius 1 is 1.20 bits per heavy atom. The van der Waals surface area contributed by atoms with Crippen LogP contribution in [-0.2, 0) is 10.0 Å². The van der Waals surface area contributed by atoms with E-state index in [0.29, 0.717) is 18.0 Å². The largest absolute Gasteiger partial charge is 0.243 e. The maximum Gasteiger partial charge on any atom is 0.243 e. The molecular weight excluding hydrogens is 338 g/mol. The van der Waals surface area contributed by atoms with E-state index in [4.69, 9.17) is 0 Å². The molecule has 0 radical (unpaired) electrons. The zero-order valence-electron chi connectivity index (χ0n) is 12.3. The van der Waals surface area contributed by atoms with E-state index in [1.165, 1.54) is 0 Å². The molecule has 3 nitrogen and oxygen atoms in total. The van der Waals surface area contributed by atoms with E-state index in [-0.39, 0.29) is 5.41 Å². The van der Waals surface area contributed by atoms with E-state index in [9.17, 15) is 8.42 Å². The Hall–Kier alpha value is -0.390. The molecule has 0 amide bonds. The van der Waals surface area contributed by atoms with Crippen molar-refractivity contribution in [1.82, 2.24) is 4.31 Å². The van der Waals surface area contributed by atoms with Gasteiger partial charge in [0.15, 0.2) is 0 Å². The highest BCUT2D eigenvalue weighted by Gasteiger charge is 2.30. The average molecular weight is 360 g/mol. The summed E-state index contributed by atoms with van der Waals surface area (Å²) in [6, 6.07) is 5.24. The summed E-state index contributed by atoms with van der Waals surface area (Å²) in [6.07, 6.45) is 2.93. The molecule has 1 aliphatic heterocycles. The summed E-state index contributed by atoms with van der Waals surface area (Å²) in [7, 11) is -3.36. The van der Waals surface area contributed by atoms with Crippen molar-refractivity contribution in [1.29, 1.82) is 0 Å². The van der Waals surface area contributed by atoms with Crippen molar-refractivity contribution in [3.63, 3.8) is 0 Å². The lowest BCUT2D eigenvalue weighted by Crippen LogP contribution is -2.32. The van der Waals surface area contributed by atoms with Crippen LogP contribution in [0.15, 0.2) is 27.6 Å². The minimum absolute atomic E-state index is 0.236. The van der Waals surface area contributed by atoms with Crippen molar-refractivity contribution in [2.45, 2.75) is 44.9 Å². The van der Waals surface area contributed by atoms with Crippen LogP contribution >= 0.6 is 15.9 Å². The molecule has 1 saturated heterocycles. The third kappa shape index (κ3) is 3.43. The van der Waals surface area contributed by atoms with Crippen LogP contribution in [0.3, 0.4) is 0 Å². The second-order valence-electron chi connectivity index (χ2n) is 6.33. The highest BCUT2D eigenvalue weighted by molar-refractivity contribution is 9.10. The molecule has 112 valence electrons. The lowest BCUT2D eigenvalue weighted by Gasteiger charge is -2.23. The number of rotatable bonds is 2. The second-order valence-corrected chi connectivity index (χ2v) is 9.13. The molecule has 1 aliphatic rings. The minimum Gasteiger partial charge on any atom is -0.207 e. The van der Waals surface area contributed by atoms with Crippen LogP contribution in [0.2, 0.25) is 0 Å². The first-order valence-corrected chi connectivity index (χ1v) is 9.22. The zero-order valence-corrected chi connectivity index (χ0v) is 14.7. The molecule has 0 atom stereocenters. The number of aryl methyl sites for hydroxylation is 1. The summed E-state index contributed by atoms with van der Waals surface area (Å²) in [6.45, 7) is 7.58. The van der Waals surface area contributed by atoms with Gasteiger partial charge < -0.3 is 0 Å². The van der Waals surface area contributed by atoms with E-state index in [0.717, 1.165) is 29.3 Å². The van der Waals surface area contributed by atoms with Gasteiger partial charge in [0.1, 0.15) is 0 Å². The zero-order chi connectivity index (χ0) is 15.0. The summed E-state index contributed by atoms with van der Waals surface area (Å²) in [5, 5.41) is 0. The summed E-state index contributed by atoms with van der Waals surface area (Å²) in [4.78, 5) is 0.401. The normalized spacial score (nSPS) is 20.6. The molecule has 0 unspecified atom stereocenters. The number of sulfonamides is 1. The summed E-state index contributed by atoms with van der Waals surface area (Å²) in [5.41, 5.74) is 1.18. The second kappa shape index (κ2) is 5.78. The van der Waals surface area contributed by atoms with Gasteiger partial charge in [0.25, 0.3) is 0 Å². The number of nitrogens with zero attached hydrogens (tertiary/aromatic N) is 1. The number of benzene rings is 1. The van der Waals surface area contributed by atoms with Crippen molar-refractivity contribution in [2.75, 3.05) is 13.1 Å². The Morgan fingerprint density at radius 2 is 1.90 bits per heavy atom. The number of hydrogen-bond acceptors (Lipinski definition) is 2. The molecule has 1 fully saturated rings. The Morgan fingerprint density at radius 3 is 2.55 bits per heavy atom. The smallest absolute Gasteiger partial charge is 0.207 e. The highest BCUT2D eigenvalue weighted by atomic mass is 79.9. The van der Waals surface area contributed by atoms with Gasteiger partial charge in [-0.15, -0.1) is 0 Å². The van der Waals surface area contributed by atoms with Crippen LogP contribution in [0.4, 0.5) is 0 Å². The van der Waals surface area contributed by atoms with Crippen molar-refractivity contribution < 1.29 is 8.42 Å². The summed E-state index contributed by atoms with van der Waals surface area (Å²) >= 11 is 3.41. The van der Waals surface area contributed by atoms with Gasteiger partial charge in [-0.25, -0.2) is 8.42 Å². The maximum atomic E-state index is 12.7. The Labute approximate surface area is 130 Å². The third-order valence-electron chi connectivity index (χ3n) is 4.07. The summed E-state index contributed by atoms with van der Waals surface area (Å²) in [5.74, 6) is 0. The van der Waals surface area contributed by atoms with Crippen LogP contribution in [0.25, 0.3) is 0 Å². The first-order valence-electron chi connectivity index (χ1n) is 6.99. The fourth-order valence-electron chi connectivity index (χ4n) is 2.57. The quantitative estimate of drug-likeness (QED) is 0.801. The maximum absolute atomic E-state index is 12.7. The molecule has 0 N–H and O–H groups in total. The highest BCUT2D eigenvalue weighted by Crippen LogP contribution is 2.32. The first kappa shape index (κ1) is 16.0. The molecular formula is C15H22BrNO2S. The monoisotopic (exact) mass is 359 g/mol. The van der Waals surface area contributed by atoms with E-state index in [1.54, 1.807) is 16.4 Å². The summed E-state index contributed by atoms with van der Waals surface area (Å²) < 4.78 is 28.0. The van der Waals surface area contributed by atoms with Crippen molar-refractivity contribution >= 4 is 26.0 Å². The number of hydrogen-bond donors (Lipinski definition) is 0. The predicted molar refractivity (Wildman–Crippen MR) is 85.3 cm³/mol. The lowest BCUT2D eigenvalue weighted by molar-refractivity contribution is 0.315. The average Bonchev–Trinajstić information content (AvgIpc) is 2.54. The molecule has 1 aromatic carbocycles. The van der Waals surface area contributed by atoms with Crippen molar-refractivity contribution in [3.8, 4) is 0 Å². The Kier molecular flexibility index (Phi) is 4.62.